The number of thiophene rings is 1. The van der Waals surface area contributed by atoms with Crippen molar-refractivity contribution in [1.29, 1.82) is 0 Å². The van der Waals surface area contributed by atoms with Gasteiger partial charge >= 0.3 is 0 Å². The zero-order valence-electron chi connectivity index (χ0n) is 10.2. The summed E-state index contributed by atoms with van der Waals surface area (Å²) < 4.78 is 0. The second-order valence-corrected chi connectivity index (χ2v) is 4.59. The molecule has 2 aromatic rings. The maximum atomic E-state index is 5.33. The topological polar surface area (TPSA) is 92.0 Å². The number of hydrogen-bond acceptors (Lipinski definition) is 8. The van der Waals surface area contributed by atoms with Crippen LogP contribution in [-0.4, -0.2) is 29.0 Å². The number of nitrogens with two attached hydrogens (primary N) is 1. The van der Waals surface area contributed by atoms with Gasteiger partial charge in [-0.05, 0) is 22.4 Å². The van der Waals surface area contributed by atoms with Crippen molar-refractivity contribution in [1.82, 2.24) is 15.0 Å². The first kappa shape index (κ1) is 12.5. The van der Waals surface area contributed by atoms with Crippen LogP contribution < -0.4 is 21.5 Å². The minimum absolute atomic E-state index is 0.335. The van der Waals surface area contributed by atoms with Crippen LogP contribution in [-0.2, 0) is 6.54 Å². The molecule has 18 heavy (non-hydrogen) atoms. The molecular weight excluding hydrogens is 250 g/mol. The quantitative estimate of drug-likeness (QED) is 0.546. The van der Waals surface area contributed by atoms with Gasteiger partial charge in [0, 0.05) is 20.6 Å². The van der Waals surface area contributed by atoms with E-state index in [1.165, 1.54) is 5.56 Å². The Labute approximate surface area is 109 Å². The van der Waals surface area contributed by atoms with Crippen LogP contribution in [0.1, 0.15) is 5.56 Å². The van der Waals surface area contributed by atoms with Crippen molar-refractivity contribution >= 4 is 29.2 Å². The van der Waals surface area contributed by atoms with Gasteiger partial charge in [-0.1, -0.05) is 0 Å². The molecule has 2 rings (SSSR count). The summed E-state index contributed by atoms with van der Waals surface area (Å²) in [7, 11) is 3.72. The van der Waals surface area contributed by atoms with Crippen molar-refractivity contribution in [2.45, 2.75) is 6.54 Å². The van der Waals surface area contributed by atoms with Crippen molar-refractivity contribution in [3.63, 3.8) is 0 Å². The van der Waals surface area contributed by atoms with E-state index >= 15 is 0 Å². The number of aromatic nitrogens is 3. The largest absolute Gasteiger partial charge is 0.350 e. The first-order chi connectivity index (χ1) is 8.69. The van der Waals surface area contributed by atoms with E-state index in [0.717, 1.165) is 0 Å². The summed E-state index contributed by atoms with van der Waals surface area (Å²) in [4.78, 5) is 14.3. The van der Waals surface area contributed by atoms with Gasteiger partial charge in [0.15, 0.2) is 0 Å². The Bertz CT molecular complexity index is 497. The Hall–Kier alpha value is -1.93. The second kappa shape index (κ2) is 5.61. The van der Waals surface area contributed by atoms with Gasteiger partial charge in [-0.2, -0.15) is 26.3 Å². The van der Waals surface area contributed by atoms with E-state index in [1.54, 1.807) is 16.2 Å². The molecular formula is C10H15N7S. The lowest BCUT2D eigenvalue weighted by Gasteiger charge is -2.12. The molecule has 2 heterocycles. The zero-order chi connectivity index (χ0) is 13.0. The van der Waals surface area contributed by atoms with Gasteiger partial charge in [0.05, 0.1) is 0 Å². The standard InChI is InChI=1S/C10H15N7S/c1-17(2)10-14-8(13-9(15-10)16-11)12-5-7-3-4-18-6-7/h3-4,6H,5,11H2,1-2H3,(H2,12,13,14,15,16). The molecule has 0 spiro atoms. The van der Waals surface area contributed by atoms with Gasteiger partial charge in [-0.25, -0.2) is 5.84 Å². The number of nitrogen functional groups attached to an aromatic ring is 1. The highest BCUT2D eigenvalue weighted by molar-refractivity contribution is 7.07. The van der Waals surface area contributed by atoms with E-state index in [9.17, 15) is 0 Å². The lowest BCUT2D eigenvalue weighted by atomic mass is 10.3. The summed E-state index contributed by atoms with van der Waals surface area (Å²) in [5.74, 6) is 6.71. The van der Waals surface area contributed by atoms with E-state index in [1.807, 2.05) is 25.5 Å². The Morgan fingerprint density at radius 3 is 2.67 bits per heavy atom. The van der Waals surface area contributed by atoms with E-state index in [-0.39, 0.29) is 0 Å². The summed E-state index contributed by atoms with van der Waals surface area (Å²) in [6, 6.07) is 2.05. The predicted molar refractivity (Wildman–Crippen MR) is 73.6 cm³/mol. The summed E-state index contributed by atoms with van der Waals surface area (Å²) in [6.45, 7) is 0.671. The molecule has 0 atom stereocenters. The molecule has 0 saturated carbocycles. The average Bonchev–Trinajstić information content (AvgIpc) is 2.89. The number of hydrazine groups is 1. The highest BCUT2D eigenvalue weighted by Gasteiger charge is 2.07. The molecule has 2 aromatic heterocycles. The average molecular weight is 265 g/mol. The van der Waals surface area contributed by atoms with Crippen LogP contribution in [0.15, 0.2) is 16.8 Å². The van der Waals surface area contributed by atoms with Crippen molar-refractivity contribution in [2.24, 2.45) is 5.84 Å². The predicted octanol–water partition coefficient (Wildman–Crippen LogP) is 0.897. The van der Waals surface area contributed by atoms with Crippen LogP contribution in [0.3, 0.4) is 0 Å². The normalized spacial score (nSPS) is 10.2. The van der Waals surface area contributed by atoms with Crippen molar-refractivity contribution in [3.8, 4) is 0 Å². The molecule has 7 nitrogen and oxygen atoms in total. The molecule has 0 aliphatic carbocycles. The Kier molecular flexibility index (Phi) is 3.90. The van der Waals surface area contributed by atoms with Crippen molar-refractivity contribution in [2.75, 3.05) is 29.7 Å². The third kappa shape index (κ3) is 3.05. The fourth-order valence-electron chi connectivity index (χ4n) is 1.28. The molecule has 0 saturated heterocycles. The van der Waals surface area contributed by atoms with E-state index in [4.69, 9.17) is 5.84 Å². The fraction of sp³-hybridized carbons (Fsp3) is 0.300. The van der Waals surface area contributed by atoms with Gasteiger partial charge in [0.25, 0.3) is 0 Å². The molecule has 0 fully saturated rings. The van der Waals surface area contributed by atoms with Gasteiger partial charge in [0.2, 0.25) is 17.8 Å². The zero-order valence-corrected chi connectivity index (χ0v) is 11.0. The molecule has 96 valence electrons. The van der Waals surface area contributed by atoms with Crippen molar-refractivity contribution < 1.29 is 0 Å². The Balaban J connectivity index is 2.13. The number of nitrogens with one attached hydrogen (secondary N) is 2. The third-order valence-electron chi connectivity index (χ3n) is 2.18. The Morgan fingerprint density at radius 1 is 1.28 bits per heavy atom. The summed E-state index contributed by atoms with van der Waals surface area (Å²) >= 11 is 1.66. The summed E-state index contributed by atoms with van der Waals surface area (Å²) in [5, 5.41) is 7.24. The lowest BCUT2D eigenvalue weighted by molar-refractivity contribution is 0.940. The first-order valence-corrected chi connectivity index (χ1v) is 6.28. The lowest BCUT2D eigenvalue weighted by Crippen LogP contribution is -2.19. The molecule has 0 aliphatic heterocycles. The molecule has 0 aliphatic rings. The molecule has 4 N–H and O–H groups in total. The van der Waals surface area contributed by atoms with Crippen LogP contribution >= 0.6 is 11.3 Å². The van der Waals surface area contributed by atoms with Gasteiger partial charge < -0.3 is 10.2 Å². The smallest absolute Gasteiger partial charge is 0.243 e. The Morgan fingerprint density at radius 2 is 2.06 bits per heavy atom. The maximum absolute atomic E-state index is 5.33. The van der Waals surface area contributed by atoms with Crippen LogP contribution in [0.5, 0.6) is 0 Å². The minimum Gasteiger partial charge on any atom is -0.350 e. The molecule has 0 amide bonds. The number of hydrogen-bond donors (Lipinski definition) is 3. The minimum atomic E-state index is 0.335. The SMILES string of the molecule is CN(C)c1nc(NN)nc(NCc2ccsc2)n1. The van der Waals surface area contributed by atoms with Crippen LogP contribution in [0.2, 0.25) is 0 Å². The summed E-state index contributed by atoms with van der Waals surface area (Å²) in [5.41, 5.74) is 3.62. The third-order valence-corrected chi connectivity index (χ3v) is 2.92. The molecule has 0 aromatic carbocycles. The number of nitrogens with zero attached hydrogens (tertiary/aromatic N) is 4. The van der Waals surface area contributed by atoms with Gasteiger partial charge in [0.1, 0.15) is 0 Å². The highest BCUT2D eigenvalue weighted by atomic mass is 32.1. The monoisotopic (exact) mass is 265 g/mol. The number of anilines is 3. The van der Waals surface area contributed by atoms with E-state index in [0.29, 0.717) is 24.4 Å². The second-order valence-electron chi connectivity index (χ2n) is 3.81. The number of rotatable bonds is 5. The molecule has 0 radical (unpaired) electrons. The van der Waals surface area contributed by atoms with Crippen LogP contribution in [0, 0.1) is 0 Å². The molecule has 0 unspecified atom stereocenters. The van der Waals surface area contributed by atoms with Gasteiger partial charge in [-0.3, -0.25) is 5.43 Å². The summed E-state index contributed by atoms with van der Waals surface area (Å²) in [6.07, 6.45) is 0. The molecule has 8 heteroatoms. The van der Waals surface area contributed by atoms with E-state index < -0.39 is 0 Å². The van der Waals surface area contributed by atoms with Gasteiger partial charge in [-0.15, -0.1) is 0 Å². The van der Waals surface area contributed by atoms with Crippen LogP contribution in [0.4, 0.5) is 17.8 Å². The maximum Gasteiger partial charge on any atom is 0.243 e. The molecule has 0 bridgehead atoms. The highest BCUT2D eigenvalue weighted by Crippen LogP contribution is 2.12. The fourth-order valence-corrected chi connectivity index (χ4v) is 1.95. The van der Waals surface area contributed by atoms with Crippen LogP contribution in [0.25, 0.3) is 0 Å². The van der Waals surface area contributed by atoms with Crippen molar-refractivity contribution in [3.05, 3.63) is 22.4 Å². The van der Waals surface area contributed by atoms with E-state index in [2.05, 4.69) is 31.1 Å². The first-order valence-electron chi connectivity index (χ1n) is 5.34.